The summed E-state index contributed by atoms with van der Waals surface area (Å²) in [5, 5.41) is 11.0. The Balaban J connectivity index is 2.01. The maximum absolute atomic E-state index is 11.8. The van der Waals surface area contributed by atoms with E-state index < -0.39 is 0 Å². The minimum Gasteiger partial charge on any atom is -0.338 e. The molecule has 2 N–H and O–H groups in total. The molecule has 0 radical (unpaired) electrons. The standard InChI is InChI=1S/C15H17BrCl2N4O/c1-2-3-6-19-15(23)20-14-12(16)9-22(21-14)8-10-4-5-11(17)7-13(10)18/h4-5,7,9H,2-3,6,8H2,1H3,(H2,19,20,21,23). The molecule has 2 amide bonds. The lowest BCUT2D eigenvalue weighted by molar-refractivity contribution is 0.252. The van der Waals surface area contributed by atoms with Gasteiger partial charge in [-0.05, 0) is 40.0 Å². The number of carbonyl (C=O) groups excluding carboxylic acids is 1. The van der Waals surface area contributed by atoms with E-state index in [0.717, 1.165) is 18.4 Å². The molecular formula is C15H17BrCl2N4O. The largest absolute Gasteiger partial charge is 0.338 e. The highest BCUT2D eigenvalue weighted by Crippen LogP contribution is 2.24. The molecule has 0 aliphatic heterocycles. The number of urea groups is 1. The minimum absolute atomic E-state index is 0.270. The normalized spacial score (nSPS) is 10.6. The van der Waals surface area contributed by atoms with E-state index in [9.17, 15) is 4.79 Å². The van der Waals surface area contributed by atoms with Crippen LogP contribution in [0.25, 0.3) is 0 Å². The number of aromatic nitrogens is 2. The van der Waals surface area contributed by atoms with Crippen LogP contribution in [0.1, 0.15) is 25.3 Å². The summed E-state index contributed by atoms with van der Waals surface area (Å²) in [6.45, 7) is 3.19. The first kappa shape index (κ1) is 18.1. The van der Waals surface area contributed by atoms with Crippen molar-refractivity contribution >= 4 is 51.0 Å². The SMILES string of the molecule is CCCCNC(=O)Nc1nn(Cc2ccc(Cl)cc2Cl)cc1Br. The monoisotopic (exact) mass is 418 g/mol. The zero-order valence-corrected chi connectivity index (χ0v) is 15.7. The number of unbranched alkanes of at least 4 members (excludes halogenated alkanes) is 1. The van der Waals surface area contributed by atoms with Crippen LogP contribution in [-0.4, -0.2) is 22.4 Å². The van der Waals surface area contributed by atoms with Crippen molar-refractivity contribution in [2.24, 2.45) is 0 Å². The number of amides is 2. The van der Waals surface area contributed by atoms with Gasteiger partial charge < -0.3 is 5.32 Å². The van der Waals surface area contributed by atoms with Crippen molar-refractivity contribution in [1.29, 1.82) is 0 Å². The van der Waals surface area contributed by atoms with Crippen LogP contribution in [-0.2, 0) is 6.54 Å². The third kappa shape index (κ3) is 5.41. The Bertz CT molecular complexity index is 690. The maximum atomic E-state index is 11.8. The number of rotatable bonds is 6. The molecule has 0 fully saturated rings. The predicted octanol–water partition coefficient (Wildman–Crippen LogP) is 4.92. The lowest BCUT2D eigenvalue weighted by atomic mass is 10.2. The van der Waals surface area contributed by atoms with Crippen LogP contribution in [0.2, 0.25) is 10.0 Å². The van der Waals surface area contributed by atoms with Gasteiger partial charge in [0.1, 0.15) is 0 Å². The van der Waals surface area contributed by atoms with E-state index in [-0.39, 0.29) is 6.03 Å². The third-order valence-corrected chi connectivity index (χ3v) is 4.28. The molecule has 1 heterocycles. The molecule has 0 aliphatic carbocycles. The van der Waals surface area contributed by atoms with E-state index in [1.165, 1.54) is 0 Å². The summed E-state index contributed by atoms with van der Waals surface area (Å²) < 4.78 is 2.40. The summed E-state index contributed by atoms with van der Waals surface area (Å²) in [4.78, 5) is 11.8. The minimum atomic E-state index is -0.270. The van der Waals surface area contributed by atoms with Gasteiger partial charge >= 0.3 is 6.03 Å². The highest BCUT2D eigenvalue weighted by atomic mass is 79.9. The molecule has 124 valence electrons. The predicted molar refractivity (Wildman–Crippen MR) is 97.4 cm³/mol. The third-order valence-electron chi connectivity index (χ3n) is 3.11. The summed E-state index contributed by atoms with van der Waals surface area (Å²) in [5.74, 6) is 0.462. The summed E-state index contributed by atoms with van der Waals surface area (Å²) in [6.07, 6.45) is 3.76. The molecule has 0 bridgehead atoms. The first-order valence-electron chi connectivity index (χ1n) is 7.21. The molecular weight excluding hydrogens is 403 g/mol. The van der Waals surface area contributed by atoms with Crippen LogP contribution in [0, 0.1) is 0 Å². The van der Waals surface area contributed by atoms with E-state index in [0.29, 0.717) is 33.4 Å². The van der Waals surface area contributed by atoms with Crippen molar-refractivity contribution in [1.82, 2.24) is 15.1 Å². The van der Waals surface area contributed by atoms with Gasteiger partial charge in [-0.3, -0.25) is 10.00 Å². The number of carbonyl (C=O) groups is 1. The Morgan fingerprint density at radius 2 is 2.17 bits per heavy atom. The number of halogens is 3. The summed E-state index contributed by atoms with van der Waals surface area (Å²) in [5.41, 5.74) is 0.894. The lowest BCUT2D eigenvalue weighted by Crippen LogP contribution is -2.29. The van der Waals surface area contributed by atoms with E-state index in [4.69, 9.17) is 23.2 Å². The maximum Gasteiger partial charge on any atom is 0.320 e. The van der Waals surface area contributed by atoms with Gasteiger partial charge in [0.15, 0.2) is 5.82 Å². The fourth-order valence-corrected chi connectivity index (χ4v) is 2.80. The summed E-state index contributed by atoms with van der Waals surface area (Å²) in [7, 11) is 0. The van der Waals surface area contributed by atoms with Gasteiger partial charge in [0, 0.05) is 22.8 Å². The number of anilines is 1. The van der Waals surface area contributed by atoms with Crippen molar-refractivity contribution in [2.45, 2.75) is 26.3 Å². The van der Waals surface area contributed by atoms with Gasteiger partial charge in [-0.25, -0.2) is 4.79 Å². The second-order valence-electron chi connectivity index (χ2n) is 4.99. The molecule has 0 spiro atoms. The fraction of sp³-hybridized carbons (Fsp3) is 0.333. The zero-order valence-electron chi connectivity index (χ0n) is 12.6. The van der Waals surface area contributed by atoms with Crippen LogP contribution in [0.15, 0.2) is 28.9 Å². The van der Waals surface area contributed by atoms with Crippen LogP contribution in [0.4, 0.5) is 10.6 Å². The molecule has 0 atom stereocenters. The van der Waals surface area contributed by atoms with Gasteiger partial charge in [0.25, 0.3) is 0 Å². The van der Waals surface area contributed by atoms with Crippen LogP contribution in [0.5, 0.6) is 0 Å². The van der Waals surface area contributed by atoms with Gasteiger partial charge in [0.05, 0.1) is 11.0 Å². The molecule has 0 aliphatic rings. The quantitative estimate of drug-likeness (QED) is 0.652. The van der Waals surface area contributed by atoms with E-state index in [1.807, 2.05) is 6.07 Å². The highest BCUT2D eigenvalue weighted by molar-refractivity contribution is 9.10. The average molecular weight is 420 g/mol. The number of benzene rings is 1. The average Bonchev–Trinajstić information content (AvgIpc) is 2.82. The summed E-state index contributed by atoms with van der Waals surface area (Å²) in [6, 6.07) is 5.05. The number of hydrogen-bond acceptors (Lipinski definition) is 2. The second kappa shape index (κ2) is 8.57. The van der Waals surface area contributed by atoms with E-state index in [2.05, 4.69) is 38.6 Å². The highest BCUT2D eigenvalue weighted by Gasteiger charge is 2.11. The van der Waals surface area contributed by atoms with Crippen molar-refractivity contribution in [3.8, 4) is 0 Å². The molecule has 2 rings (SSSR count). The van der Waals surface area contributed by atoms with Gasteiger partial charge in [-0.1, -0.05) is 42.6 Å². The zero-order chi connectivity index (χ0) is 16.8. The Morgan fingerprint density at radius 1 is 1.39 bits per heavy atom. The molecule has 0 saturated heterocycles. The molecule has 8 heteroatoms. The number of nitrogens with zero attached hydrogens (tertiary/aromatic N) is 2. The van der Waals surface area contributed by atoms with Gasteiger partial charge in [0.2, 0.25) is 0 Å². The summed E-state index contributed by atoms with van der Waals surface area (Å²) >= 11 is 15.4. The molecule has 1 aromatic heterocycles. The Labute approximate surface area is 153 Å². The Kier molecular flexibility index (Phi) is 6.74. The van der Waals surface area contributed by atoms with Crippen molar-refractivity contribution in [3.63, 3.8) is 0 Å². The fourth-order valence-electron chi connectivity index (χ4n) is 1.92. The smallest absolute Gasteiger partial charge is 0.320 e. The molecule has 23 heavy (non-hydrogen) atoms. The molecule has 5 nitrogen and oxygen atoms in total. The van der Waals surface area contributed by atoms with Crippen LogP contribution >= 0.6 is 39.1 Å². The van der Waals surface area contributed by atoms with Crippen molar-refractivity contribution < 1.29 is 4.79 Å². The molecule has 2 aromatic rings. The first-order valence-corrected chi connectivity index (χ1v) is 8.76. The molecule has 0 unspecified atom stereocenters. The Morgan fingerprint density at radius 3 is 2.87 bits per heavy atom. The number of nitrogens with one attached hydrogen (secondary N) is 2. The second-order valence-corrected chi connectivity index (χ2v) is 6.69. The molecule has 1 aromatic carbocycles. The molecule has 0 saturated carbocycles. The van der Waals surface area contributed by atoms with Crippen molar-refractivity contribution in [2.75, 3.05) is 11.9 Å². The van der Waals surface area contributed by atoms with Gasteiger partial charge in [-0.15, -0.1) is 0 Å². The van der Waals surface area contributed by atoms with E-state index >= 15 is 0 Å². The Hall–Kier alpha value is -1.24. The first-order chi connectivity index (χ1) is 11.0. The van der Waals surface area contributed by atoms with Crippen LogP contribution in [0.3, 0.4) is 0 Å². The lowest BCUT2D eigenvalue weighted by Gasteiger charge is -2.06. The van der Waals surface area contributed by atoms with Gasteiger partial charge in [-0.2, -0.15) is 5.10 Å². The van der Waals surface area contributed by atoms with E-state index in [1.54, 1.807) is 23.0 Å². The number of hydrogen-bond donors (Lipinski definition) is 2. The van der Waals surface area contributed by atoms with Crippen molar-refractivity contribution in [3.05, 3.63) is 44.5 Å². The van der Waals surface area contributed by atoms with Crippen LogP contribution < -0.4 is 10.6 Å². The topological polar surface area (TPSA) is 59.0 Å².